The predicted octanol–water partition coefficient (Wildman–Crippen LogP) is 4.04. The van der Waals surface area contributed by atoms with E-state index in [0.717, 1.165) is 42.8 Å². The minimum absolute atomic E-state index is 0.304. The number of nitrogens with zero attached hydrogens (tertiary/aromatic N) is 6. The van der Waals surface area contributed by atoms with Crippen molar-refractivity contribution < 1.29 is 4.39 Å². The Labute approximate surface area is 183 Å². The number of H-pyrrole nitrogens is 1. The summed E-state index contributed by atoms with van der Waals surface area (Å²) in [5.74, 6) is 1.79. The molecule has 8 nitrogen and oxygen atoms in total. The lowest BCUT2D eigenvalue weighted by molar-refractivity contribution is 0.626. The van der Waals surface area contributed by atoms with E-state index < -0.39 is 0 Å². The summed E-state index contributed by atoms with van der Waals surface area (Å²) in [6.45, 7) is 2.30. The van der Waals surface area contributed by atoms with Crippen LogP contribution in [0.15, 0.2) is 54.9 Å². The third-order valence-corrected chi connectivity index (χ3v) is 5.72. The highest BCUT2D eigenvalue weighted by atomic mass is 19.1. The van der Waals surface area contributed by atoms with Gasteiger partial charge in [-0.05, 0) is 43.2 Å². The van der Waals surface area contributed by atoms with Gasteiger partial charge in [-0.3, -0.25) is 4.57 Å². The van der Waals surface area contributed by atoms with Gasteiger partial charge in [0.1, 0.15) is 18.0 Å². The van der Waals surface area contributed by atoms with Gasteiger partial charge in [0.05, 0.1) is 23.3 Å². The van der Waals surface area contributed by atoms with E-state index in [1.807, 2.05) is 30.3 Å². The van der Waals surface area contributed by atoms with Crippen LogP contribution in [0.2, 0.25) is 0 Å². The van der Waals surface area contributed by atoms with Gasteiger partial charge in [-0.2, -0.15) is 9.97 Å². The molecular weight excluding hydrogens is 407 g/mol. The van der Waals surface area contributed by atoms with Gasteiger partial charge < -0.3 is 15.2 Å². The number of aromatic amines is 1. The topological polar surface area (TPSA) is 87.5 Å². The third-order valence-electron chi connectivity index (χ3n) is 5.72. The molecule has 0 spiro atoms. The Balaban J connectivity index is 1.41. The Bertz CT molecular complexity index is 1380. The third kappa shape index (κ3) is 3.31. The second-order valence-corrected chi connectivity index (χ2v) is 7.89. The summed E-state index contributed by atoms with van der Waals surface area (Å²) in [4.78, 5) is 24.3. The minimum Gasteiger partial charge on any atom is -0.361 e. The van der Waals surface area contributed by atoms with Crippen LogP contribution in [0.5, 0.6) is 0 Å². The number of aromatic nitrogens is 6. The molecule has 1 fully saturated rings. The van der Waals surface area contributed by atoms with E-state index in [4.69, 9.17) is 9.97 Å². The number of anilines is 2. The molecule has 0 atom stereocenters. The maximum Gasteiger partial charge on any atom is 0.229 e. The Kier molecular flexibility index (Phi) is 4.45. The molecule has 0 amide bonds. The molecule has 9 heteroatoms. The molecule has 160 valence electrons. The lowest BCUT2D eigenvalue weighted by atomic mass is 10.3. The number of benzene rings is 2. The molecule has 0 aliphatic carbocycles. The Morgan fingerprint density at radius 3 is 2.72 bits per heavy atom. The first kappa shape index (κ1) is 18.7. The Hall–Kier alpha value is -4.01. The summed E-state index contributed by atoms with van der Waals surface area (Å²) in [7, 11) is 0. The molecule has 0 saturated carbocycles. The molecule has 0 unspecified atom stereocenters. The normalized spacial score (nSPS) is 14.0. The molecule has 32 heavy (non-hydrogen) atoms. The van der Waals surface area contributed by atoms with Crippen molar-refractivity contribution >= 4 is 34.0 Å². The highest BCUT2D eigenvalue weighted by Crippen LogP contribution is 2.27. The average molecular weight is 428 g/mol. The van der Waals surface area contributed by atoms with E-state index in [1.165, 1.54) is 12.1 Å². The van der Waals surface area contributed by atoms with Gasteiger partial charge in [0.25, 0.3) is 0 Å². The Morgan fingerprint density at radius 1 is 1.00 bits per heavy atom. The molecule has 3 aromatic heterocycles. The molecule has 0 radical (unpaired) electrons. The maximum absolute atomic E-state index is 13.9. The minimum atomic E-state index is -0.304. The fraction of sp³-hybridized carbons (Fsp3) is 0.217. The fourth-order valence-electron chi connectivity index (χ4n) is 4.14. The number of halogens is 1. The second kappa shape index (κ2) is 7.60. The molecule has 1 aliphatic heterocycles. The highest BCUT2D eigenvalue weighted by molar-refractivity contribution is 5.85. The van der Waals surface area contributed by atoms with E-state index in [2.05, 4.69) is 25.2 Å². The van der Waals surface area contributed by atoms with Crippen LogP contribution in [-0.4, -0.2) is 42.6 Å². The highest BCUT2D eigenvalue weighted by Gasteiger charge is 2.20. The standard InChI is InChI=1S/C23H21FN8/c24-15-6-5-7-16(12-15)32-14-26-20-21(29-23(30-22(20)32)31-10-3-4-11-31)25-13-19-27-17-8-1-2-9-18(17)28-19/h1-2,5-9,12,14H,3-4,10-11,13H2,(H,27,28)(H,25,29,30). The number of nitrogens with one attached hydrogen (secondary N) is 2. The van der Waals surface area contributed by atoms with Crippen LogP contribution in [0.4, 0.5) is 16.2 Å². The van der Waals surface area contributed by atoms with Crippen molar-refractivity contribution in [2.24, 2.45) is 0 Å². The molecule has 1 aliphatic rings. The van der Waals surface area contributed by atoms with Gasteiger partial charge >= 0.3 is 0 Å². The van der Waals surface area contributed by atoms with Gasteiger partial charge in [-0.25, -0.2) is 14.4 Å². The van der Waals surface area contributed by atoms with Gasteiger partial charge in [0, 0.05) is 13.1 Å². The summed E-state index contributed by atoms with van der Waals surface area (Å²) < 4.78 is 15.7. The van der Waals surface area contributed by atoms with Gasteiger partial charge in [-0.15, -0.1) is 0 Å². The van der Waals surface area contributed by atoms with Crippen LogP contribution >= 0.6 is 0 Å². The monoisotopic (exact) mass is 428 g/mol. The lowest BCUT2D eigenvalue weighted by Crippen LogP contribution is -2.21. The van der Waals surface area contributed by atoms with Crippen LogP contribution in [0.1, 0.15) is 18.7 Å². The number of rotatable bonds is 5. The summed E-state index contributed by atoms with van der Waals surface area (Å²) in [5.41, 5.74) is 3.85. The van der Waals surface area contributed by atoms with E-state index in [-0.39, 0.29) is 5.82 Å². The van der Waals surface area contributed by atoms with Gasteiger partial charge in [-0.1, -0.05) is 18.2 Å². The van der Waals surface area contributed by atoms with Crippen molar-refractivity contribution in [3.63, 3.8) is 0 Å². The zero-order valence-corrected chi connectivity index (χ0v) is 17.3. The molecule has 6 rings (SSSR count). The number of hydrogen-bond acceptors (Lipinski definition) is 6. The van der Waals surface area contributed by atoms with Gasteiger partial charge in [0.15, 0.2) is 17.0 Å². The van der Waals surface area contributed by atoms with E-state index in [1.54, 1.807) is 17.0 Å². The first-order valence-corrected chi connectivity index (χ1v) is 10.7. The van der Waals surface area contributed by atoms with E-state index >= 15 is 0 Å². The zero-order valence-electron chi connectivity index (χ0n) is 17.3. The largest absolute Gasteiger partial charge is 0.361 e. The van der Waals surface area contributed by atoms with Crippen molar-refractivity contribution in [1.82, 2.24) is 29.5 Å². The van der Waals surface area contributed by atoms with Crippen LogP contribution in [0, 0.1) is 5.82 Å². The first-order chi connectivity index (χ1) is 15.7. The number of imidazole rings is 2. The predicted molar refractivity (Wildman–Crippen MR) is 121 cm³/mol. The smallest absolute Gasteiger partial charge is 0.229 e. The molecule has 2 N–H and O–H groups in total. The summed E-state index contributed by atoms with van der Waals surface area (Å²) in [6, 6.07) is 14.3. The van der Waals surface area contributed by atoms with Crippen molar-refractivity contribution in [2.45, 2.75) is 19.4 Å². The lowest BCUT2D eigenvalue weighted by Gasteiger charge is -2.17. The van der Waals surface area contributed by atoms with Crippen molar-refractivity contribution in [3.05, 3.63) is 66.5 Å². The van der Waals surface area contributed by atoms with Crippen LogP contribution in [-0.2, 0) is 6.54 Å². The number of para-hydroxylation sites is 2. The van der Waals surface area contributed by atoms with Crippen molar-refractivity contribution in [3.8, 4) is 5.69 Å². The van der Waals surface area contributed by atoms with E-state index in [0.29, 0.717) is 35.2 Å². The van der Waals surface area contributed by atoms with E-state index in [9.17, 15) is 4.39 Å². The first-order valence-electron chi connectivity index (χ1n) is 10.7. The summed E-state index contributed by atoms with van der Waals surface area (Å²) >= 11 is 0. The van der Waals surface area contributed by atoms with Crippen molar-refractivity contribution in [1.29, 1.82) is 0 Å². The van der Waals surface area contributed by atoms with Crippen LogP contribution in [0.3, 0.4) is 0 Å². The molecule has 1 saturated heterocycles. The fourth-order valence-corrected chi connectivity index (χ4v) is 4.14. The maximum atomic E-state index is 13.9. The summed E-state index contributed by atoms with van der Waals surface area (Å²) in [6.07, 6.45) is 3.90. The van der Waals surface area contributed by atoms with Crippen molar-refractivity contribution in [2.75, 3.05) is 23.3 Å². The molecule has 2 aromatic carbocycles. The summed E-state index contributed by atoms with van der Waals surface area (Å²) in [5, 5.41) is 3.38. The number of hydrogen-bond donors (Lipinski definition) is 2. The molecule has 4 heterocycles. The molecule has 5 aromatic rings. The quantitative estimate of drug-likeness (QED) is 0.439. The van der Waals surface area contributed by atoms with Crippen LogP contribution in [0.25, 0.3) is 27.9 Å². The van der Waals surface area contributed by atoms with Crippen LogP contribution < -0.4 is 10.2 Å². The Morgan fingerprint density at radius 2 is 1.88 bits per heavy atom. The number of fused-ring (bicyclic) bond motifs is 2. The second-order valence-electron chi connectivity index (χ2n) is 7.89. The molecule has 0 bridgehead atoms. The molecular formula is C23H21FN8. The average Bonchev–Trinajstić information content (AvgIpc) is 3.56. The van der Waals surface area contributed by atoms with Gasteiger partial charge in [0.2, 0.25) is 5.95 Å². The zero-order chi connectivity index (χ0) is 21.5. The SMILES string of the molecule is Fc1cccc(-n2cnc3c(NCc4nc5ccccc5[nH]4)nc(N4CCCC4)nc32)c1.